The second-order valence-electron chi connectivity index (χ2n) is 5.52. The highest BCUT2D eigenvalue weighted by molar-refractivity contribution is 5.75. The van der Waals surface area contributed by atoms with Crippen LogP contribution in [0.3, 0.4) is 0 Å². The number of hydrogen-bond donors (Lipinski definition) is 1. The second kappa shape index (κ2) is 6.36. The first kappa shape index (κ1) is 14.5. The van der Waals surface area contributed by atoms with Gasteiger partial charge >= 0.3 is 0 Å². The number of aliphatic hydroxyl groups is 1. The van der Waals surface area contributed by atoms with Crippen LogP contribution in [0.5, 0.6) is 0 Å². The van der Waals surface area contributed by atoms with Crippen molar-refractivity contribution >= 4 is 5.91 Å². The molecule has 1 fully saturated rings. The van der Waals surface area contributed by atoms with Gasteiger partial charge in [-0.25, -0.2) is 0 Å². The Morgan fingerprint density at radius 1 is 1.41 bits per heavy atom. The van der Waals surface area contributed by atoms with E-state index in [1.807, 2.05) is 0 Å². The van der Waals surface area contributed by atoms with E-state index in [1.165, 1.54) is 0 Å². The van der Waals surface area contributed by atoms with E-state index in [1.54, 1.807) is 11.9 Å². The molecule has 0 saturated carbocycles. The van der Waals surface area contributed by atoms with Crippen LogP contribution in [0.1, 0.15) is 39.5 Å². The van der Waals surface area contributed by atoms with Gasteiger partial charge in [-0.05, 0) is 12.3 Å². The van der Waals surface area contributed by atoms with Crippen molar-refractivity contribution in [2.24, 2.45) is 5.92 Å². The number of nitrogens with zero attached hydrogens (tertiary/aromatic N) is 1. The van der Waals surface area contributed by atoms with Gasteiger partial charge in [0.05, 0.1) is 5.60 Å². The van der Waals surface area contributed by atoms with Gasteiger partial charge in [-0.3, -0.25) is 4.79 Å². The summed E-state index contributed by atoms with van der Waals surface area (Å²) in [4.78, 5) is 13.5. The van der Waals surface area contributed by atoms with E-state index in [2.05, 4.69) is 13.8 Å². The van der Waals surface area contributed by atoms with Crippen LogP contribution >= 0.6 is 0 Å². The maximum absolute atomic E-state index is 11.8. The summed E-state index contributed by atoms with van der Waals surface area (Å²) in [5.41, 5.74) is -0.750. The third-order valence-electron chi connectivity index (χ3n) is 3.32. The molecule has 0 atom stereocenters. The standard InChI is InChI=1S/C13H25NO3/c1-11(2)4-5-12(15)14(3)10-13(16)6-8-17-9-7-13/h11,16H,4-10H2,1-3H3. The summed E-state index contributed by atoms with van der Waals surface area (Å²) >= 11 is 0. The summed E-state index contributed by atoms with van der Waals surface area (Å²) in [6.45, 7) is 5.82. The molecule has 1 amide bonds. The number of likely N-dealkylation sites (N-methyl/N-ethyl adjacent to an activating group) is 1. The van der Waals surface area contributed by atoms with Crippen LogP contribution in [-0.4, -0.2) is 48.3 Å². The molecule has 0 bridgehead atoms. The summed E-state index contributed by atoms with van der Waals surface area (Å²) in [6.07, 6.45) is 2.72. The maximum atomic E-state index is 11.8. The van der Waals surface area contributed by atoms with Gasteiger partial charge in [-0.1, -0.05) is 13.8 Å². The fourth-order valence-corrected chi connectivity index (χ4v) is 2.04. The second-order valence-corrected chi connectivity index (χ2v) is 5.52. The van der Waals surface area contributed by atoms with E-state index in [0.29, 0.717) is 44.9 Å². The van der Waals surface area contributed by atoms with Crippen molar-refractivity contribution < 1.29 is 14.6 Å². The lowest BCUT2D eigenvalue weighted by molar-refractivity contribution is -0.137. The minimum absolute atomic E-state index is 0.124. The highest BCUT2D eigenvalue weighted by Crippen LogP contribution is 2.21. The molecule has 1 heterocycles. The summed E-state index contributed by atoms with van der Waals surface area (Å²) in [6, 6.07) is 0. The Morgan fingerprint density at radius 2 is 2.00 bits per heavy atom. The lowest BCUT2D eigenvalue weighted by Crippen LogP contribution is -2.47. The molecule has 0 aromatic carbocycles. The predicted octanol–water partition coefficient (Wildman–Crippen LogP) is 1.42. The van der Waals surface area contributed by atoms with Gasteiger partial charge in [-0.2, -0.15) is 0 Å². The average Bonchev–Trinajstić information content (AvgIpc) is 2.26. The van der Waals surface area contributed by atoms with E-state index in [4.69, 9.17) is 4.74 Å². The molecule has 4 heteroatoms. The number of rotatable bonds is 5. The van der Waals surface area contributed by atoms with Crippen LogP contribution in [0.4, 0.5) is 0 Å². The van der Waals surface area contributed by atoms with E-state index in [0.717, 1.165) is 6.42 Å². The Balaban J connectivity index is 2.36. The molecule has 0 spiro atoms. The monoisotopic (exact) mass is 243 g/mol. The number of carbonyl (C=O) groups is 1. The van der Waals surface area contributed by atoms with Gasteiger partial charge in [0.15, 0.2) is 0 Å². The molecule has 100 valence electrons. The van der Waals surface area contributed by atoms with Crippen LogP contribution in [0, 0.1) is 5.92 Å². The quantitative estimate of drug-likeness (QED) is 0.794. The van der Waals surface area contributed by atoms with E-state index < -0.39 is 5.60 Å². The van der Waals surface area contributed by atoms with Crippen molar-refractivity contribution in [3.05, 3.63) is 0 Å². The minimum Gasteiger partial charge on any atom is -0.388 e. The highest BCUT2D eigenvalue weighted by atomic mass is 16.5. The zero-order valence-electron chi connectivity index (χ0n) is 11.2. The molecule has 1 aliphatic rings. The minimum atomic E-state index is -0.750. The van der Waals surface area contributed by atoms with Gasteiger partial charge < -0.3 is 14.7 Å². The van der Waals surface area contributed by atoms with Crippen LogP contribution in [0.15, 0.2) is 0 Å². The molecule has 4 nitrogen and oxygen atoms in total. The number of ether oxygens (including phenoxy) is 1. The molecular weight excluding hydrogens is 218 g/mol. The Hall–Kier alpha value is -0.610. The first-order chi connectivity index (χ1) is 7.93. The van der Waals surface area contributed by atoms with E-state index in [-0.39, 0.29) is 5.91 Å². The third-order valence-corrected chi connectivity index (χ3v) is 3.32. The molecular formula is C13H25NO3. The lowest BCUT2D eigenvalue weighted by Gasteiger charge is -2.35. The molecule has 1 N–H and O–H groups in total. The fourth-order valence-electron chi connectivity index (χ4n) is 2.04. The van der Waals surface area contributed by atoms with Gasteiger partial charge in [0.2, 0.25) is 5.91 Å². The van der Waals surface area contributed by atoms with Gasteiger partial charge in [0.25, 0.3) is 0 Å². The van der Waals surface area contributed by atoms with Crippen LogP contribution in [0.2, 0.25) is 0 Å². The molecule has 0 radical (unpaired) electrons. The summed E-state index contributed by atoms with van der Waals surface area (Å²) in [5, 5.41) is 10.3. The van der Waals surface area contributed by atoms with E-state index in [9.17, 15) is 9.90 Å². The molecule has 0 aliphatic carbocycles. The topological polar surface area (TPSA) is 49.8 Å². The fraction of sp³-hybridized carbons (Fsp3) is 0.923. The molecule has 1 rings (SSSR count). The average molecular weight is 243 g/mol. The van der Waals surface area contributed by atoms with Gasteiger partial charge in [0.1, 0.15) is 0 Å². The van der Waals surface area contributed by atoms with Crippen molar-refractivity contribution in [3.63, 3.8) is 0 Å². The van der Waals surface area contributed by atoms with Crippen molar-refractivity contribution in [1.29, 1.82) is 0 Å². The zero-order chi connectivity index (χ0) is 12.9. The summed E-state index contributed by atoms with van der Waals surface area (Å²) in [7, 11) is 1.77. The molecule has 0 aromatic heterocycles. The van der Waals surface area contributed by atoms with Gasteiger partial charge in [-0.15, -0.1) is 0 Å². The largest absolute Gasteiger partial charge is 0.388 e. The molecule has 1 aliphatic heterocycles. The maximum Gasteiger partial charge on any atom is 0.222 e. The normalized spacial score (nSPS) is 19.4. The van der Waals surface area contributed by atoms with Crippen LogP contribution < -0.4 is 0 Å². The number of carbonyl (C=O) groups excluding carboxylic acids is 1. The van der Waals surface area contributed by atoms with Gasteiger partial charge in [0, 0.05) is 46.1 Å². The lowest BCUT2D eigenvalue weighted by atomic mass is 9.93. The Bertz CT molecular complexity index is 247. The summed E-state index contributed by atoms with van der Waals surface area (Å²) in [5.74, 6) is 0.664. The number of hydrogen-bond acceptors (Lipinski definition) is 3. The molecule has 1 saturated heterocycles. The van der Waals surface area contributed by atoms with Crippen LogP contribution in [-0.2, 0) is 9.53 Å². The molecule has 0 unspecified atom stereocenters. The Morgan fingerprint density at radius 3 is 2.53 bits per heavy atom. The Labute approximate surface area is 104 Å². The first-order valence-electron chi connectivity index (χ1n) is 6.47. The molecule has 17 heavy (non-hydrogen) atoms. The van der Waals surface area contributed by atoms with Crippen molar-refractivity contribution in [3.8, 4) is 0 Å². The van der Waals surface area contributed by atoms with Crippen molar-refractivity contribution in [2.75, 3.05) is 26.8 Å². The van der Waals surface area contributed by atoms with Crippen molar-refractivity contribution in [1.82, 2.24) is 4.90 Å². The SMILES string of the molecule is CC(C)CCC(=O)N(C)CC1(O)CCOCC1. The predicted molar refractivity (Wildman–Crippen MR) is 66.7 cm³/mol. The number of amides is 1. The summed E-state index contributed by atoms with van der Waals surface area (Å²) < 4.78 is 5.22. The third kappa shape index (κ3) is 5.04. The van der Waals surface area contributed by atoms with E-state index >= 15 is 0 Å². The zero-order valence-corrected chi connectivity index (χ0v) is 11.2. The molecule has 0 aromatic rings. The first-order valence-corrected chi connectivity index (χ1v) is 6.47. The highest BCUT2D eigenvalue weighted by Gasteiger charge is 2.32. The smallest absolute Gasteiger partial charge is 0.222 e. The Kier molecular flexibility index (Phi) is 5.40. The van der Waals surface area contributed by atoms with Crippen LogP contribution in [0.25, 0.3) is 0 Å². The van der Waals surface area contributed by atoms with Crippen molar-refractivity contribution in [2.45, 2.75) is 45.1 Å².